The minimum Gasteiger partial charge on any atom is -0.481 e. The van der Waals surface area contributed by atoms with Crippen LogP contribution in [0.4, 0.5) is 0 Å². The van der Waals surface area contributed by atoms with Gasteiger partial charge in [0.2, 0.25) is 6.29 Å². The molecule has 0 amide bonds. The van der Waals surface area contributed by atoms with Crippen molar-refractivity contribution >= 4 is 12.3 Å². The third-order valence-corrected chi connectivity index (χ3v) is 0.682. The number of aliphatic carboxylic acids is 1. The van der Waals surface area contributed by atoms with Gasteiger partial charge in [0.15, 0.2) is 0 Å². The lowest BCUT2D eigenvalue weighted by Crippen LogP contribution is -2.04. The minimum absolute atomic E-state index is 0.122. The first-order valence-corrected chi connectivity index (χ1v) is 2.26. The van der Waals surface area contributed by atoms with Crippen LogP contribution in [0.5, 0.6) is 0 Å². The van der Waals surface area contributed by atoms with E-state index in [0.717, 1.165) is 0 Å². The van der Waals surface area contributed by atoms with Crippen molar-refractivity contribution in [2.75, 3.05) is 0 Å². The number of carbonyl (C=O) groups is 1. The molecule has 1 atom stereocenters. The average Bonchev–Trinajstić information content (AvgIpc) is 1.65. The number of hydrogen-bond donors (Lipinski definition) is 1. The van der Waals surface area contributed by atoms with E-state index in [0.29, 0.717) is 0 Å². The zero-order valence-electron chi connectivity index (χ0n) is 4.55. The van der Waals surface area contributed by atoms with Crippen LogP contribution in [-0.4, -0.2) is 17.4 Å². The van der Waals surface area contributed by atoms with E-state index in [4.69, 9.17) is 5.11 Å². The van der Waals surface area contributed by atoms with Crippen molar-refractivity contribution in [3.05, 3.63) is 0 Å². The van der Waals surface area contributed by atoms with E-state index in [1.54, 1.807) is 6.29 Å². The maximum absolute atomic E-state index is 9.79. The summed E-state index contributed by atoms with van der Waals surface area (Å²) in [5.74, 6) is -1.44. The molecule has 0 aromatic heterocycles. The topological polar surface area (TPSA) is 54.4 Å². The van der Waals surface area contributed by atoms with Crippen LogP contribution in [0.1, 0.15) is 13.3 Å². The molecule has 1 radical (unpaired) electrons. The highest BCUT2D eigenvalue weighted by Gasteiger charge is 2.04. The normalized spacial score (nSPS) is 12.6. The standard InChI is InChI=1S/C5H7O3/c1-4(3-6)2-5(7)8/h4H,2H2,1H3,(H,7,8). The molecule has 0 spiro atoms. The van der Waals surface area contributed by atoms with Gasteiger partial charge in [0, 0.05) is 5.92 Å². The van der Waals surface area contributed by atoms with Gasteiger partial charge in [0.25, 0.3) is 0 Å². The van der Waals surface area contributed by atoms with Gasteiger partial charge in [-0.05, 0) is 0 Å². The number of carboxylic acid groups (broad SMARTS) is 1. The zero-order valence-corrected chi connectivity index (χ0v) is 4.55. The second-order valence-electron chi connectivity index (χ2n) is 1.62. The summed E-state index contributed by atoms with van der Waals surface area (Å²) < 4.78 is 0. The van der Waals surface area contributed by atoms with E-state index in [-0.39, 0.29) is 6.42 Å². The van der Waals surface area contributed by atoms with Crippen LogP contribution in [0.2, 0.25) is 0 Å². The zero-order chi connectivity index (χ0) is 6.57. The molecule has 0 aliphatic heterocycles. The summed E-state index contributed by atoms with van der Waals surface area (Å²) in [6.07, 6.45) is 1.44. The molecule has 0 saturated heterocycles. The van der Waals surface area contributed by atoms with Crippen molar-refractivity contribution in [1.82, 2.24) is 0 Å². The van der Waals surface area contributed by atoms with E-state index < -0.39 is 11.9 Å². The summed E-state index contributed by atoms with van der Waals surface area (Å²) in [6.45, 7) is 1.52. The largest absolute Gasteiger partial charge is 0.481 e. The molecule has 3 nitrogen and oxygen atoms in total. The summed E-state index contributed by atoms with van der Waals surface area (Å²) in [4.78, 5) is 19.4. The van der Waals surface area contributed by atoms with Crippen LogP contribution in [-0.2, 0) is 9.59 Å². The lowest BCUT2D eigenvalue weighted by molar-refractivity contribution is -0.137. The third-order valence-electron chi connectivity index (χ3n) is 0.682. The number of hydrogen-bond acceptors (Lipinski definition) is 2. The van der Waals surface area contributed by atoms with Crippen LogP contribution in [0, 0.1) is 5.92 Å². The molecular formula is C5H7O3. The summed E-state index contributed by atoms with van der Waals surface area (Å²) in [5, 5.41) is 8.04. The lowest BCUT2D eigenvalue weighted by Gasteiger charge is -1.92. The molecule has 0 bridgehead atoms. The third kappa shape index (κ3) is 3.33. The fraction of sp³-hybridized carbons (Fsp3) is 0.600. The van der Waals surface area contributed by atoms with E-state index in [1.165, 1.54) is 6.92 Å². The van der Waals surface area contributed by atoms with Crippen molar-refractivity contribution in [2.45, 2.75) is 13.3 Å². The monoisotopic (exact) mass is 115 g/mol. The molecule has 3 heteroatoms. The van der Waals surface area contributed by atoms with Crippen LogP contribution in [0.25, 0.3) is 0 Å². The van der Waals surface area contributed by atoms with Gasteiger partial charge >= 0.3 is 5.97 Å². The van der Waals surface area contributed by atoms with Gasteiger partial charge in [-0.2, -0.15) is 0 Å². The summed E-state index contributed by atoms with van der Waals surface area (Å²) in [7, 11) is 0. The number of carbonyl (C=O) groups excluding carboxylic acids is 1. The van der Waals surface area contributed by atoms with Crippen molar-refractivity contribution in [3.63, 3.8) is 0 Å². The van der Waals surface area contributed by atoms with E-state index in [2.05, 4.69) is 0 Å². The van der Waals surface area contributed by atoms with Gasteiger partial charge in [0.05, 0.1) is 6.42 Å². The van der Waals surface area contributed by atoms with Gasteiger partial charge in [0.1, 0.15) is 0 Å². The van der Waals surface area contributed by atoms with E-state index in [9.17, 15) is 9.59 Å². The lowest BCUT2D eigenvalue weighted by atomic mass is 10.1. The predicted octanol–water partition coefficient (Wildman–Crippen LogP) is 0.207. The number of carboxylic acids is 1. The predicted molar refractivity (Wildman–Crippen MR) is 27.1 cm³/mol. The second kappa shape index (κ2) is 3.18. The Labute approximate surface area is 47.3 Å². The quantitative estimate of drug-likeness (QED) is 0.571. The minimum atomic E-state index is -0.958. The van der Waals surface area contributed by atoms with E-state index >= 15 is 0 Å². The first-order chi connectivity index (χ1) is 3.66. The van der Waals surface area contributed by atoms with Gasteiger partial charge in [-0.25, -0.2) is 0 Å². The summed E-state index contributed by atoms with van der Waals surface area (Å²) in [5.41, 5.74) is 0. The Balaban J connectivity index is 3.38. The maximum atomic E-state index is 9.79. The van der Waals surface area contributed by atoms with Gasteiger partial charge < -0.3 is 5.11 Å². The Morgan fingerprint density at radius 3 is 2.50 bits per heavy atom. The van der Waals surface area contributed by atoms with E-state index in [1.807, 2.05) is 0 Å². The van der Waals surface area contributed by atoms with Crippen LogP contribution >= 0.6 is 0 Å². The Hall–Kier alpha value is -0.860. The first-order valence-electron chi connectivity index (χ1n) is 2.26. The number of rotatable bonds is 3. The van der Waals surface area contributed by atoms with Crippen LogP contribution in [0.15, 0.2) is 0 Å². The molecule has 0 aliphatic carbocycles. The highest BCUT2D eigenvalue weighted by atomic mass is 16.4. The van der Waals surface area contributed by atoms with Crippen LogP contribution in [0.3, 0.4) is 0 Å². The second-order valence-corrected chi connectivity index (χ2v) is 1.62. The Kier molecular flexibility index (Phi) is 2.84. The highest BCUT2D eigenvalue weighted by Crippen LogP contribution is 1.94. The molecule has 0 aliphatic rings. The van der Waals surface area contributed by atoms with Crippen molar-refractivity contribution in [2.24, 2.45) is 5.92 Å². The Morgan fingerprint density at radius 2 is 2.38 bits per heavy atom. The Morgan fingerprint density at radius 1 is 1.88 bits per heavy atom. The molecule has 1 unspecified atom stereocenters. The van der Waals surface area contributed by atoms with Crippen molar-refractivity contribution in [1.29, 1.82) is 0 Å². The highest BCUT2D eigenvalue weighted by molar-refractivity contribution is 5.71. The molecule has 1 N–H and O–H groups in total. The molecule has 0 aromatic rings. The van der Waals surface area contributed by atoms with Crippen molar-refractivity contribution in [3.8, 4) is 0 Å². The SMILES string of the molecule is CC([C]=O)CC(=O)O. The van der Waals surface area contributed by atoms with Gasteiger partial charge in [-0.1, -0.05) is 6.92 Å². The molecule has 0 fully saturated rings. The average molecular weight is 115 g/mol. The van der Waals surface area contributed by atoms with Gasteiger partial charge in [-0.3, -0.25) is 9.59 Å². The Bertz CT molecular complexity index is 97.8. The first kappa shape index (κ1) is 7.14. The molecular weight excluding hydrogens is 108 g/mol. The molecule has 0 rings (SSSR count). The summed E-state index contributed by atoms with van der Waals surface area (Å²) >= 11 is 0. The fourth-order valence-corrected chi connectivity index (χ4v) is 0.304. The fourth-order valence-electron chi connectivity index (χ4n) is 0.304. The van der Waals surface area contributed by atoms with Crippen molar-refractivity contribution < 1.29 is 14.7 Å². The molecule has 45 valence electrons. The summed E-state index contributed by atoms with van der Waals surface area (Å²) in [6, 6.07) is 0. The van der Waals surface area contributed by atoms with Gasteiger partial charge in [-0.15, -0.1) is 0 Å². The molecule has 0 saturated carbocycles. The smallest absolute Gasteiger partial charge is 0.304 e. The molecule has 0 heterocycles. The maximum Gasteiger partial charge on any atom is 0.304 e. The van der Waals surface area contributed by atoms with Crippen LogP contribution < -0.4 is 0 Å². The molecule has 0 aromatic carbocycles. The molecule has 8 heavy (non-hydrogen) atoms.